The third-order valence-corrected chi connectivity index (χ3v) is 8.14. The van der Waals surface area contributed by atoms with E-state index >= 15 is 0 Å². The monoisotopic (exact) mass is 567 g/mol. The molecule has 0 aliphatic rings. The third-order valence-electron chi connectivity index (χ3n) is 8.14. The average Bonchev–Trinajstić information content (AvgIpc) is 3.04. The molecule has 0 aliphatic carbocycles. The van der Waals surface area contributed by atoms with Gasteiger partial charge in [-0.05, 0) is 64.3 Å². The quantitative estimate of drug-likeness (QED) is 0.157. The number of para-hydroxylation sites is 2. The first-order valence-electron chi connectivity index (χ1n) is 15.8. The Morgan fingerprint density at radius 1 is 0.628 bits per heavy atom. The minimum atomic E-state index is -0.0227. The van der Waals surface area contributed by atoms with Gasteiger partial charge in [-0.1, -0.05) is 138 Å². The highest BCUT2D eigenvalue weighted by Crippen LogP contribution is 2.36. The largest absolute Gasteiger partial charge is 0.379 e. The predicted molar refractivity (Wildman–Crippen MR) is 184 cm³/mol. The Labute approximate surface area is 258 Å². The van der Waals surface area contributed by atoms with Crippen LogP contribution in [-0.2, 0) is 13.0 Å². The lowest BCUT2D eigenvalue weighted by Crippen LogP contribution is -2.15. The lowest BCUT2D eigenvalue weighted by atomic mass is 9.92. The number of anilines is 2. The van der Waals surface area contributed by atoms with Crippen LogP contribution in [0, 0.1) is 0 Å². The summed E-state index contributed by atoms with van der Waals surface area (Å²) in [7, 11) is 0. The second kappa shape index (κ2) is 14.2. The van der Waals surface area contributed by atoms with E-state index in [9.17, 15) is 0 Å². The molecular weight excluding hydrogens is 522 g/mol. The molecule has 1 heterocycles. The third kappa shape index (κ3) is 7.17. The molecule has 3 heteroatoms. The van der Waals surface area contributed by atoms with Gasteiger partial charge in [-0.2, -0.15) is 0 Å². The van der Waals surface area contributed by atoms with Crippen LogP contribution in [0.1, 0.15) is 92.4 Å². The van der Waals surface area contributed by atoms with E-state index in [1.165, 1.54) is 39.2 Å². The number of rotatable bonds is 12. The molecule has 3 nitrogen and oxygen atoms in total. The van der Waals surface area contributed by atoms with E-state index in [1.54, 1.807) is 0 Å². The first-order chi connectivity index (χ1) is 21.0. The average molecular weight is 568 g/mol. The van der Waals surface area contributed by atoms with E-state index in [0.717, 1.165) is 29.8 Å². The van der Waals surface area contributed by atoms with Crippen LogP contribution in [0.15, 0.2) is 115 Å². The summed E-state index contributed by atoms with van der Waals surface area (Å²) in [5.41, 5.74) is 12.1. The SMILES string of the molecule is CCCc1ccccc1NC(c1ccccc1)c1ccccc1-c1cccc(CNc2c(C(C)C)cccc2C(C)C)n1. The van der Waals surface area contributed by atoms with E-state index < -0.39 is 0 Å². The Balaban J connectivity index is 1.50. The molecule has 0 saturated carbocycles. The predicted octanol–water partition coefficient (Wildman–Crippen LogP) is 10.8. The van der Waals surface area contributed by atoms with Crippen LogP contribution < -0.4 is 10.6 Å². The fourth-order valence-corrected chi connectivity index (χ4v) is 5.93. The summed E-state index contributed by atoms with van der Waals surface area (Å²) in [6.07, 6.45) is 2.15. The Hall–Kier alpha value is -4.37. The highest BCUT2D eigenvalue weighted by Gasteiger charge is 2.20. The van der Waals surface area contributed by atoms with Crippen molar-refractivity contribution in [3.63, 3.8) is 0 Å². The number of aromatic nitrogens is 1. The van der Waals surface area contributed by atoms with Gasteiger partial charge in [-0.3, -0.25) is 4.98 Å². The number of nitrogens with zero attached hydrogens (tertiary/aromatic N) is 1. The van der Waals surface area contributed by atoms with E-state index in [0.29, 0.717) is 18.4 Å². The fourth-order valence-electron chi connectivity index (χ4n) is 5.93. The Bertz CT molecular complexity index is 1590. The van der Waals surface area contributed by atoms with Gasteiger partial charge in [0.25, 0.3) is 0 Å². The second-order valence-electron chi connectivity index (χ2n) is 12.0. The Morgan fingerprint density at radius 3 is 1.98 bits per heavy atom. The van der Waals surface area contributed by atoms with E-state index in [1.807, 2.05) is 0 Å². The first-order valence-corrected chi connectivity index (χ1v) is 15.8. The van der Waals surface area contributed by atoms with Gasteiger partial charge in [0.05, 0.1) is 24.0 Å². The molecule has 1 unspecified atom stereocenters. The van der Waals surface area contributed by atoms with Crippen LogP contribution in [0.25, 0.3) is 11.3 Å². The maximum atomic E-state index is 5.21. The summed E-state index contributed by atoms with van der Waals surface area (Å²) in [4.78, 5) is 5.21. The molecule has 5 rings (SSSR count). The van der Waals surface area contributed by atoms with E-state index in [2.05, 4.69) is 161 Å². The molecule has 0 radical (unpaired) electrons. The Morgan fingerprint density at radius 2 is 1.26 bits per heavy atom. The smallest absolute Gasteiger partial charge is 0.0774 e. The number of hydrogen-bond acceptors (Lipinski definition) is 3. The fraction of sp³-hybridized carbons (Fsp3) is 0.275. The van der Waals surface area contributed by atoms with Crippen molar-refractivity contribution in [3.05, 3.63) is 149 Å². The lowest BCUT2D eigenvalue weighted by molar-refractivity contribution is 0.831. The molecule has 1 aromatic heterocycles. The summed E-state index contributed by atoms with van der Waals surface area (Å²) < 4.78 is 0. The highest BCUT2D eigenvalue weighted by molar-refractivity contribution is 5.68. The van der Waals surface area contributed by atoms with Gasteiger partial charge < -0.3 is 10.6 Å². The number of pyridine rings is 1. The van der Waals surface area contributed by atoms with Crippen molar-refractivity contribution in [1.82, 2.24) is 4.98 Å². The first kappa shape index (κ1) is 30.1. The second-order valence-corrected chi connectivity index (χ2v) is 12.0. The Kier molecular flexibility index (Phi) is 9.94. The van der Waals surface area contributed by atoms with Gasteiger partial charge in [0.1, 0.15) is 0 Å². The van der Waals surface area contributed by atoms with Crippen LogP contribution in [0.5, 0.6) is 0 Å². The molecule has 220 valence electrons. The molecule has 2 N–H and O–H groups in total. The zero-order valence-electron chi connectivity index (χ0n) is 26.3. The lowest BCUT2D eigenvalue weighted by Gasteiger charge is -2.25. The van der Waals surface area contributed by atoms with Crippen molar-refractivity contribution in [2.45, 2.75) is 71.9 Å². The molecule has 43 heavy (non-hydrogen) atoms. The van der Waals surface area contributed by atoms with Crippen LogP contribution >= 0.6 is 0 Å². The van der Waals surface area contributed by atoms with Crippen molar-refractivity contribution < 1.29 is 0 Å². The maximum absolute atomic E-state index is 5.21. The van der Waals surface area contributed by atoms with E-state index in [-0.39, 0.29) is 6.04 Å². The minimum absolute atomic E-state index is 0.0227. The normalized spacial score (nSPS) is 12.0. The zero-order valence-corrected chi connectivity index (χ0v) is 26.3. The van der Waals surface area contributed by atoms with Crippen LogP contribution in [-0.4, -0.2) is 4.98 Å². The maximum Gasteiger partial charge on any atom is 0.0774 e. The minimum Gasteiger partial charge on any atom is -0.379 e. The van der Waals surface area contributed by atoms with Crippen LogP contribution in [0.2, 0.25) is 0 Å². The molecular formula is C40H45N3. The number of hydrogen-bond donors (Lipinski definition) is 2. The van der Waals surface area contributed by atoms with Crippen molar-refractivity contribution in [2.75, 3.05) is 10.6 Å². The van der Waals surface area contributed by atoms with E-state index in [4.69, 9.17) is 4.98 Å². The molecule has 0 saturated heterocycles. The van der Waals surface area contributed by atoms with Gasteiger partial charge in [-0.15, -0.1) is 0 Å². The summed E-state index contributed by atoms with van der Waals surface area (Å²) in [6.45, 7) is 12.0. The molecule has 0 spiro atoms. The topological polar surface area (TPSA) is 37.0 Å². The number of benzene rings is 4. The number of aryl methyl sites for hydroxylation is 1. The van der Waals surface area contributed by atoms with Gasteiger partial charge in [0.15, 0.2) is 0 Å². The summed E-state index contributed by atoms with van der Waals surface area (Å²) in [5.74, 6) is 0.884. The molecule has 4 aromatic carbocycles. The molecule has 0 bridgehead atoms. The number of nitrogens with one attached hydrogen (secondary N) is 2. The molecule has 0 fully saturated rings. The van der Waals surface area contributed by atoms with Gasteiger partial charge in [0, 0.05) is 16.9 Å². The van der Waals surface area contributed by atoms with Crippen molar-refractivity contribution in [1.29, 1.82) is 0 Å². The van der Waals surface area contributed by atoms with Gasteiger partial charge in [0.2, 0.25) is 0 Å². The van der Waals surface area contributed by atoms with Crippen LogP contribution in [0.3, 0.4) is 0 Å². The summed E-state index contributed by atoms with van der Waals surface area (Å²) >= 11 is 0. The van der Waals surface area contributed by atoms with Crippen molar-refractivity contribution in [3.8, 4) is 11.3 Å². The van der Waals surface area contributed by atoms with Crippen molar-refractivity contribution >= 4 is 11.4 Å². The van der Waals surface area contributed by atoms with Gasteiger partial charge >= 0.3 is 0 Å². The standard InChI is InChI=1S/C40H45N3/c1-6-16-30-17-10-13-25-37(30)43-39(31-18-8-7-9-19-31)36-22-12-11-21-35(36)38-26-14-20-32(42-38)27-41-40-33(28(2)3)23-15-24-34(40)29(4)5/h7-15,17-26,28-29,39,41,43H,6,16,27H2,1-5H3. The summed E-state index contributed by atoms with van der Waals surface area (Å²) in [6, 6.07) is 41.2. The molecule has 1 atom stereocenters. The van der Waals surface area contributed by atoms with Crippen molar-refractivity contribution in [2.24, 2.45) is 0 Å². The summed E-state index contributed by atoms with van der Waals surface area (Å²) in [5, 5.41) is 7.71. The van der Waals surface area contributed by atoms with Gasteiger partial charge in [-0.25, -0.2) is 0 Å². The highest BCUT2D eigenvalue weighted by atomic mass is 14.9. The molecule has 0 aliphatic heterocycles. The zero-order chi connectivity index (χ0) is 30.2. The molecule has 0 amide bonds. The van der Waals surface area contributed by atoms with Crippen LogP contribution in [0.4, 0.5) is 11.4 Å². The molecule has 5 aromatic rings.